The van der Waals surface area contributed by atoms with Gasteiger partial charge in [0.05, 0.1) is 10.6 Å². The summed E-state index contributed by atoms with van der Waals surface area (Å²) >= 11 is 0. The van der Waals surface area contributed by atoms with Gasteiger partial charge >= 0.3 is 5.97 Å². The number of nitrogens with zero attached hydrogens (tertiary/aromatic N) is 1. The van der Waals surface area contributed by atoms with Crippen LogP contribution < -0.4 is 4.90 Å². The second-order valence-electron chi connectivity index (χ2n) is 6.82. The quantitative estimate of drug-likeness (QED) is 0.735. The van der Waals surface area contributed by atoms with Gasteiger partial charge in [-0.1, -0.05) is 35.9 Å². The highest BCUT2D eigenvalue weighted by molar-refractivity contribution is 7.91. The minimum Gasteiger partial charge on any atom is -0.464 e. The zero-order valence-corrected chi connectivity index (χ0v) is 16.2. The van der Waals surface area contributed by atoms with E-state index >= 15 is 0 Å². The first-order valence-corrected chi connectivity index (χ1v) is 10.1. The minimum atomic E-state index is -3.80. The van der Waals surface area contributed by atoms with E-state index < -0.39 is 32.9 Å². The summed E-state index contributed by atoms with van der Waals surface area (Å²) in [4.78, 5) is 26.1. The standard InChI is InChI=1S/C20H21NO5S/c1-14-8-10-16(11-9-14)27(24,25)13-20(12-26-15(2)22)17-6-4-5-7-18(17)21(3)19(20)23/h4-11H,12-13H2,1-3H3. The third-order valence-corrected chi connectivity index (χ3v) is 6.70. The van der Waals surface area contributed by atoms with Gasteiger partial charge in [0.2, 0.25) is 5.91 Å². The Morgan fingerprint density at radius 3 is 2.37 bits per heavy atom. The summed E-state index contributed by atoms with van der Waals surface area (Å²) in [6.45, 7) is 2.77. The molecule has 1 atom stereocenters. The van der Waals surface area contributed by atoms with Crippen molar-refractivity contribution in [1.82, 2.24) is 0 Å². The molecule has 2 aromatic rings. The van der Waals surface area contributed by atoms with Crippen LogP contribution in [0.25, 0.3) is 0 Å². The van der Waals surface area contributed by atoms with Crippen LogP contribution in [0.2, 0.25) is 0 Å². The molecule has 2 aromatic carbocycles. The van der Waals surface area contributed by atoms with Gasteiger partial charge in [0.15, 0.2) is 9.84 Å². The molecule has 142 valence electrons. The first-order chi connectivity index (χ1) is 12.7. The van der Waals surface area contributed by atoms with Gasteiger partial charge in [0, 0.05) is 19.7 Å². The van der Waals surface area contributed by atoms with E-state index in [2.05, 4.69) is 0 Å². The third-order valence-electron chi connectivity index (χ3n) is 4.83. The van der Waals surface area contributed by atoms with Crippen LogP contribution in [0.3, 0.4) is 0 Å². The maximum absolute atomic E-state index is 13.1. The number of esters is 1. The molecule has 0 bridgehead atoms. The Kier molecular flexibility index (Phi) is 4.82. The highest BCUT2D eigenvalue weighted by Gasteiger charge is 2.53. The number of hydrogen-bond acceptors (Lipinski definition) is 5. The summed E-state index contributed by atoms with van der Waals surface area (Å²) in [5.74, 6) is -1.45. The topological polar surface area (TPSA) is 80.8 Å². The fourth-order valence-corrected chi connectivity index (χ4v) is 5.14. The van der Waals surface area contributed by atoms with E-state index in [1.54, 1.807) is 43.4 Å². The van der Waals surface area contributed by atoms with Gasteiger partial charge in [-0.25, -0.2) is 8.42 Å². The lowest BCUT2D eigenvalue weighted by Crippen LogP contribution is -2.47. The molecule has 27 heavy (non-hydrogen) atoms. The predicted octanol–water partition coefficient (Wildman–Crippen LogP) is 2.25. The van der Waals surface area contributed by atoms with Gasteiger partial charge in [0.25, 0.3) is 0 Å². The number of fused-ring (bicyclic) bond motifs is 1. The van der Waals surface area contributed by atoms with Crippen LogP contribution >= 0.6 is 0 Å². The molecule has 0 aliphatic carbocycles. The summed E-state index contributed by atoms with van der Waals surface area (Å²) in [6, 6.07) is 13.5. The summed E-state index contributed by atoms with van der Waals surface area (Å²) in [5, 5.41) is 0. The van der Waals surface area contributed by atoms with Gasteiger partial charge in [-0.2, -0.15) is 0 Å². The van der Waals surface area contributed by atoms with E-state index in [-0.39, 0.29) is 11.5 Å². The molecule has 1 heterocycles. The van der Waals surface area contributed by atoms with Crippen LogP contribution in [0, 0.1) is 6.92 Å². The highest BCUT2D eigenvalue weighted by atomic mass is 32.2. The first kappa shape index (κ1) is 19.1. The molecule has 0 fully saturated rings. The van der Waals surface area contributed by atoms with Gasteiger partial charge in [0.1, 0.15) is 12.0 Å². The number of amides is 1. The van der Waals surface area contributed by atoms with Gasteiger partial charge in [-0.15, -0.1) is 0 Å². The van der Waals surface area contributed by atoms with Crippen molar-refractivity contribution in [3.63, 3.8) is 0 Å². The molecule has 1 aliphatic rings. The minimum absolute atomic E-state index is 0.134. The number of para-hydroxylation sites is 1. The normalized spacial score (nSPS) is 19.1. The number of benzene rings is 2. The van der Waals surface area contributed by atoms with Crippen molar-refractivity contribution in [3.05, 3.63) is 59.7 Å². The molecular formula is C20H21NO5S. The Morgan fingerprint density at radius 2 is 1.74 bits per heavy atom. The van der Waals surface area contributed by atoms with Crippen LogP contribution in [0.15, 0.2) is 53.4 Å². The second kappa shape index (κ2) is 6.81. The fraction of sp³-hybridized carbons (Fsp3) is 0.300. The van der Waals surface area contributed by atoms with Crippen molar-refractivity contribution in [2.24, 2.45) is 0 Å². The average molecular weight is 387 g/mol. The Labute approximate surface area is 158 Å². The number of rotatable bonds is 5. The van der Waals surface area contributed by atoms with E-state index in [1.807, 2.05) is 6.92 Å². The highest BCUT2D eigenvalue weighted by Crippen LogP contribution is 2.43. The zero-order chi connectivity index (χ0) is 19.8. The molecule has 1 aliphatic heterocycles. The number of anilines is 1. The number of likely N-dealkylation sites (N-methyl/N-ethyl adjacent to an activating group) is 1. The van der Waals surface area contributed by atoms with E-state index in [1.165, 1.54) is 24.0 Å². The molecule has 0 N–H and O–H groups in total. The Hall–Kier alpha value is -2.67. The molecule has 1 unspecified atom stereocenters. The molecule has 3 rings (SSSR count). The fourth-order valence-electron chi connectivity index (χ4n) is 3.42. The van der Waals surface area contributed by atoms with E-state index in [9.17, 15) is 18.0 Å². The SMILES string of the molecule is CC(=O)OCC1(CS(=O)(=O)c2ccc(C)cc2)C(=O)N(C)c2ccccc21. The van der Waals surface area contributed by atoms with Crippen molar-refractivity contribution in [3.8, 4) is 0 Å². The smallest absolute Gasteiger partial charge is 0.302 e. The second-order valence-corrected chi connectivity index (χ2v) is 8.81. The van der Waals surface area contributed by atoms with Crippen molar-refractivity contribution in [2.45, 2.75) is 24.2 Å². The van der Waals surface area contributed by atoms with Crippen LogP contribution in [0.5, 0.6) is 0 Å². The van der Waals surface area contributed by atoms with Crippen LogP contribution in [-0.4, -0.2) is 39.7 Å². The van der Waals surface area contributed by atoms with Crippen molar-refractivity contribution in [1.29, 1.82) is 0 Å². The van der Waals surface area contributed by atoms with Crippen molar-refractivity contribution >= 4 is 27.4 Å². The van der Waals surface area contributed by atoms with E-state index in [0.29, 0.717) is 11.3 Å². The number of carbonyl (C=O) groups is 2. The molecule has 0 radical (unpaired) electrons. The van der Waals surface area contributed by atoms with Crippen LogP contribution in [0.1, 0.15) is 18.1 Å². The Balaban J connectivity index is 2.11. The molecular weight excluding hydrogens is 366 g/mol. The van der Waals surface area contributed by atoms with E-state index in [0.717, 1.165) is 5.56 Å². The monoisotopic (exact) mass is 387 g/mol. The maximum Gasteiger partial charge on any atom is 0.302 e. The third kappa shape index (κ3) is 3.35. The lowest BCUT2D eigenvalue weighted by atomic mass is 9.84. The average Bonchev–Trinajstić information content (AvgIpc) is 2.83. The molecule has 6 nitrogen and oxygen atoms in total. The summed E-state index contributed by atoms with van der Waals surface area (Å²) in [7, 11) is -2.21. The molecule has 7 heteroatoms. The van der Waals surface area contributed by atoms with Gasteiger partial charge < -0.3 is 9.64 Å². The number of aryl methyl sites for hydroxylation is 1. The largest absolute Gasteiger partial charge is 0.464 e. The Bertz CT molecular complexity index is 997. The lowest BCUT2D eigenvalue weighted by molar-refractivity contribution is -0.144. The maximum atomic E-state index is 13.1. The molecule has 0 spiro atoms. The van der Waals surface area contributed by atoms with Gasteiger partial charge in [-0.05, 0) is 30.7 Å². The summed E-state index contributed by atoms with van der Waals surface area (Å²) < 4.78 is 31.4. The zero-order valence-electron chi connectivity index (χ0n) is 15.4. The first-order valence-electron chi connectivity index (χ1n) is 8.48. The number of sulfone groups is 1. The molecule has 0 saturated heterocycles. The van der Waals surface area contributed by atoms with Crippen molar-refractivity contribution in [2.75, 3.05) is 24.3 Å². The van der Waals surface area contributed by atoms with Crippen LogP contribution in [0.4, 0.5) is 5.69 Å². The molecule has 0 saturated carbocycles. The lowest BCUT2D eigenvalue weighted by Gasteiger charge is -2.27. The Morgan fingerprint density at radius 1 is 1.11 bits per heavy atom. The molecule has 1 amide bonds. The summed E-state index contributed by atoms with van der Waals surface area (Å²) in [6.07, 6.45) is 0. The number of carbonyl (C=O) groups excluding carboxylic acids is 2. The molecule has 0 aromatic heterocycles. The number of hydrogen-bond donors (Lipinski definition) is 0. The number of ether oxygens (including phenoxy) is 1. The van der Waals surface area contributed by atoms with Crippen LogP contribution in [-0.2, 0) is 29.6 Å². The van der Waals surface area contributed by atoms with Gasteiger partial charge in [-0.3, -0.25) is 9.59 Å². The predicted molar refractivity (Wildman–Crippen MR) is 101 cm³/mol. The van der Waals surface area contributed by atoms with Crippen molar-refractivity contribution < 1.29 is 22.7 Å². The summed E-state index contributed by atoms with van der Waals surface area (Å²) in [5.41, 5.74) is 0.634. The van der Waals surface area contributed by atoms with E-state index in [4.69, 9.17) is 4.74 Å².